The normalized spacial score (nSPS) is 11.4. The molecular formula is C17H19N3O4. The number of para-hydroxylation sites is 1. The number of nitrogens with one attached hydrogen (secondary N) is 2. The van der Waals surface area contributed by atoms with Crippen LogP contribution in [0.4, 0.5) is 11.4 Å². The van der Waals surface area contributed by atoms with Crippen LogP contribution in [0, 0.1) is 10.1 Å². The Labute approximate surface area is 139 Å². The van der Waals surface area contributed by atoms with Crippen molar-refractivity contribution in [3.05, 3.63) is 64.2 Å². The van der Waals surface area contributed by atoms with Gasteiger partial charge in [0, 0.05) is 23.4 Å². The summed E-state index contributed by atoms with van der Waals surface area (Å²) >= 11 is 0. The van der Waals surface area contributed by atoms with Crippen LogP contribution in [0.15, 0.2) is 48.5 Å². The summed E-state index contributed by atoms with van der Waals surface area (Å²) < 4.78 is 5.28. The first-order valence-electron chi connectivity index (χ1n) is 7.42. The smallest absolute Gasteiger partial charge is 0.271 e. The molecule has 0 radical (unpaired) electrons. The standard InChI is InChI=1S/C17H19N3O4/c1-12(15-8-3-4-9-16(15)24-2)19-17(21)11-18-13-6-5-7-14(10-13)20(22)23/h3-10,12,18H,11H2,1-2H3,(H,19,21). The Hall–Kier alpha value is -3.09. The van der Waals surface area contributed by atoms with Crippen LogP contribution >= 0.6 is 0 Å². The zero-order valence-electron chi connectivity index (χ0n) is 13.5. The number of non-ortho nitro benzene ring substituents is 1. The predicted octanol–water partition coefficient (Wildman–Crippen LogP) is 2.89. The van der Waals surface area contributed by atoms with Gasteiger partial charge in [-0.25, -0.2) is 0 Å². The van der Waals surface area contributed by atoms with E-state index in [1.54, 1.807) is 19.2 Å². The maximum Gasteiger partial charge on any atom is 0.271 e. The minimum atomic E-state index is -0.477. The number of rotatable bonds is 7. The zero-order chi connectivity index (χ0) is 17.5. The third-order valence-corrected chi connectivity index (χ3v) is 3.49. The van der Waals surface area contributed by atoms with E-state index in [4.69, 9.17) is 4.74 Å². The maximum atomic E-state index is 12.1. The molecule has 0 aromatic heterocycles. The Bertz CT molecular complexity index is 733. The Morgan fingerprint density at radius 2 is 2.00 bits per heavy atom. The van der Waals surface area contributed by atoms with E-state index < -0.39 is 4.92 Å². The molecule has 7 nitrogen and oxygen atoms in total. The van der Waals surface area contributed by atoms with E-state index in [0.29, 0.717) is 11.4 Å². The number of amides is 1. The molecule has 0 aliphatic rings. The van der Waals surface area contributed by atoms with Gasteiger partial charge in [0.2, 0.25) is 5.91 Å². The average Bonchev–Trinajstić information content (AvgIpc) is 2.60. The molecule has 0 saturated heterocycles. The van der Waals surface area contributed by atoms with Gasteiger partial charge in [-0.15, -0.1) is 0 Å². The molecule has 1 unspecified atom stereocenters. The summed E-state index contributed by atoms with van der Waals surface area (Å²) in [5.74, 6) is 0.483. The molecule has 1 amide bonds. The molecule has 0 spiro atoms. The number of ether oxygens (including phenoxy) is 1. The van der Waals surface area contributed by atoms with Gasteiger partial charge in [0.25, 0.3) is 5.69 Å². The topological polar surface area (TPSA) is 93.5 Å². The number of anilines is 1. The van der Waals surface area contributed by atoms with Crippen LogP contribution in [0.25, 0.3) is 0 Å². The molecule has 0 bridgehead atoms. The summed E-state index contributed by atoms with van der Waals surface area (Å²) in [6.45, 7) is 1.88. The molecule has 0 heterocycles. The zero-order valence-corrected chi connectivity index (χ0v) is 13.5. The molecule has 2 N–H and O–H groups in total. The second-order valence-electron chi connectivity index (χ2n) is 5.19. The molecule has 24 heavy (non-hydrogen) atoms. The first-order valence-corrected chi connectivity index (χ1v) is 7.42. The van der Waals surface area contributed by atoms with Crippen molar-refractivity contribution in [1.29, 1.82) is 0 Å². The molecule has 0 aliphatic carbocycles. The van der Waals surface area contributed by atoms with E-state index in [9.17, 15) is 14.9 Å². The Morgan fingerprint density at radius 1 is 1.25 bits per heavy atom. The number of benzene rings is 2. The molecule has 2 aromatic carbocycles. The molecule has 2 aromatic rings. The summed E-state index contributed by atoms with van der Waals surface area (Å²) in [6.07, 6.45) is 0. The third-order valence-electron chi connectivity index (χ3n) is 3.49. The number of nitro groups is 1. The van der Waals surface area contributed by atoms with E-state index in [1.807, 2.05) is 31.2 Å². The molecule has 0 aliphatic heterocycles. The molecule has 7 heteroatoms. The first kappa shape index (κ1) is 17.3. The molecule has 1 atom stereocenters. The van der Waals surface area contributed by atoms with Gasteiger partial charge in [-0.05, 0) is 19.1 Å². The molecular weight excluding hydrogens is 310 g/mol. The minimum absolute atomic E-state index is 0.0145. The van der Waals surface area contributed by atoms with Crippen LogP contribution in [-0.2, 0) is 4.79 Å². The van der Waals surface area contributed by atoms with Gasteiger partial charge in [-0.1, -0.05) is 24.3 Å². The predicted molar refractivity (Wildman–Crippen MR) is 91.1 cm³/mol. The van der Waals surface area contributed by atoms with E-state index in [0.717, 1.165) is 5.56 Å². The van der Waals surface area contributed by atoms with Crippen LogP contribution in [0.1, 0.15) is 18.5 Å². The molecule has 2 rings (SSSR count). The van der Waals surface area contributed by atoms with Crippen molar-refractivity contribution in [2.24, 2.45) is 0 Å². The number of hydrogen-bond acceptors (Lipinski definition) is 5. The van der Waals surface area contributed by atoms with Gasteiger partial charge in [-0.3, -0.25) is 14.9 Å². The number of nitrogens with zero attached hydrogens (tertiary/aromatic N) is 1. The van der Waals surface area contributed by atoms with Gasteiger partial charge in [-0.2, -0.15) is 0 Å². The van der Waals surface area contributed by atoms with Crippen molar-refractivity contribution in [2.75, 3.05) is 19.0 Å². The number of carbonyl (C=O) groups excluding carboxylic acids is 1. The van der Waals surface area contributed by atoms with Crippen molar-refractivity contribution in [2.45, 2.75) is 13.0 Å². The van der Waals surface area contributed by atoms with Crippen molar-refractivity contribution in [3.63, 3.8) is 0 Å². The van der Waals surface area contributed by atoms with Gasteiger partial charge in [0.05, 0.1) is 24.6 Å². The highest BCUT2D eigenvalue weighted by Crippen LogP contribution is 2.24. The van der Waals surface area contributed by atoms with Crippen molar-refractivity contribution >= 4 is 17.3 Å². The van der Waals surface area contributed by atoms with Crippen LogP contribution < -0.4 is 15.4 Å². The van der Waals surface area contributed by atoms with Crippen LogP contribution in [0.5, 0.6) is 5.75 Å². The molecule has 126 valence electrons. The number of hydrogen-bond donors (Lipinski definition) is 2. The molecule has 0 fully saturated rings. The summed E-state index contributed by atoms with van der Waals surface area (Å²) in [5.41, 5.74) is 1.37. The van der Waals surface area contributed by atoms with Crippen molar-refractivity contribution < 1.29 is 14.5 Å². The summed E-state index contributed by atoms with van der Waals surface area (Å²) in [4.78, 5) is 22.3. The second-order valence-corrected chi connectivity index (χ2v) is 5.19. The molecule has 0 saturated carbocycles. The van der Waals surface area contributed by atoms with Gasteiger partial charge < -0.3 is 15.4 Å². The van der Waals surface area contributed by atoms with E-state index in [1.165, 1.54) is 12.1 Å². The van der Waals surface area contributed by atoms with Crippen molar-refractivity contribution in [1.82, 2.24) is 5.32 Å². The lowest BCUT2D eigenvalue weighted by molar-refractivity contribution is -0.384. The summed E-state index contributed by atoms with van der Waals surface area (Å²) in [5, 5.41) is 16.5. The largest absolute Gasteiger partial charge is 0.496 e. The Morgan fingerprint density at radius 3 is 2.71 bits per heavy atom. The lowest BCUT2D eigenvalue weighted by atomic mass is 10.1. The Kier molecular flexibility index (Phi) is 5.73. The van der Waals surface area contributed by atoms with Gasteiger partial charge >= 0.3 is 0 Å². The first-order chi connectivity index (χ1) is 11.5. The SMILES string of the molecule is COc1ccccc1C(C)NC(=O)CNc1cccc([N+](=O)[O-])c1. The highest BCUT2D eigenvalue weighted by Gasteiger charge is 2.13. The maximum absolute atomic E-state index is 12.1. The lowest BCUT2D eigenvalue weighted by Crippen LogP contribution is -2.32. The number of methoxy groups -OCH3 is 1. The minimum Gasteiger partial charge on any atom is -0.496 e. The average molecular weight is 329 g/mol. The van der Waals surface area contributed by atoms with Crippen molar-refractivity contribution in [3.8, 4) is 5.75 Å². The highest BCUT2D eigenvalue weighted by atomic mass is 16.6. The van der Waals surface area contributed by atoms with Crippen LogP contribution in [0.3, 0.4) is 0 Å². The van der Waals surface area contributed by atoms with Crippen LogP contribution in [0.2, 0.25) is 0 Å². The van der Waals surface area contributed by atoms with E-state index in [-0.39, 0.29) is 24.2 Å². The monoisotopic (exact) mass is 329 g/mol. The van der Waals surface area contributed by atoms with Gasteiger partial charge in [0.1, 0.15) is 5.75 Å². The fourth-order valence-corrected chi connectivity index (χ4v) is 2.31. The summed E-state index contributed by atoms with van der Waals surface area (Å²) in [6, 6.07) is 13.3. The van der Waals surface area contributed by atoms with Crippen LogP contribution in [-0.4, -0.2) is 24.5 Å². The van der Waals surface area contributed by atoms with E-state index >= 15 is 0 Å². The fourth-order valence-electron chi connectivity index (χ4n) is 2.31. The Balaban J connectivity index is 1.93. The second kappa shape index (κ2) is 7.96. The highest BCUT2D eigenvalue weighted by molar-refractivity contribution is 5.81. The summed E-state index contributed by atoms with van der Waals surface area (Å²) in [7, 11) is 1.58. The van der Waals surface area contributed by atoms with E-state index in [2.05, 4.69) is 10.6 Å². The number of nitro benzene ring substituents is 1. The fraction of sp³-hybridized carbons (Fsp3) is 0.235. The van der Waals surface area contributed by atoms with Gasteiger partial charge in [0.15, 0.2) is 0 Å². The lowest BCUT2D eigenvalue weighted by Gasteiger charge is -2.17. The third kappa shape index (κ3) is 4.45. The quantitative estimate of drug-likeness (QED) is 0.602. The number of carbonyl (C=O) groups is 1.